The van der Waals surface area contributed by atoms with Gasteiger partial charge in [-0.1, -0.05) is 30.3 Å². The number of aromatic nitrogens is 3. The van der Waals surface area contributed by atoms with E-state index in [0.29, 0.717) is 24.2 Å². The first kappa shape index (κ1) is 22.1. The fraction of sp³-hybridized carbons (Fsp3) is 0.269. The zero-order valence-electron chi connectivity index (χ0n) is 18.9. The van der Waals surface area contributed by atoms with E-state index in [0.717, 1.165) is 16.7 Å². The van der Waals surface area contributed by atoms with Gasteiger partial charge >= 0.3 is 0 Å². The number of nitrogens with zero attached hydrogens (tertiary/aromatic N) is 4. The number of ether oxygens (including phenoxy) is 1. The predicted octanol–water partition coefficient (Wildman–Crippen LogP) is 3.34. The molecule has 4 aromatic rings. The van der Waals surface area contributed by atoms with E-state index in [1.807, 2.05) is 60.7 Å². The molecule has 1 saturated carbocycles. The van der Waals surface area contributed by atoms with Gasteiger partial charge in [-0.3, -0.25) is 4.79 Å². The van der Waals surface area contributed by atoms with Gasteiger partial charge in [-0.25, -0.2) is 19.7 Å². The number of hydrogen-bond acceptors (Lipinski definition) is 6. The molecule has 34 heavy (non-hydrogen) atoms. The normalized spacial score (nSPS) is 22.1. The molecule has 8 nitrogen and oxygen atoms in total. The largest absolute Gasteiger partial charge is 0.457 e. The molecule has 1 amide bonds. The van der Waals surface area contributed by atoms with E-state index in [1.165, 1.54) is 13.3 Å². The lowest BCUT2D eigenvalue weighted by Crippen LogP contribution is -2.62. The van der Waals surface area contributed by atoms with Crippen LogP contribution in [0, 0.1) is 0 Å². The molecule has 0 spiro atoms. The van der Waals surface area contributed by atoms with Crippen LogP contribution in [0.1, 0.15) is 31.2 Å². The highest BCUT2D eigenvalue weighted by atomic mass is 16.5. The fourth-order valence-corrected chi connectivity index (χ4v) is 5.25. The summed E-state index contributed by atoms with van der Waals surface area (Å²) in [7, 11) is 0. The molecule has 2 aromatic heterocycles. The number of carbonyl (C=O) groups is 1. The van der Waals surface area contributed by atoms with Crippen molar-refractivity contribution in [1.29, 1.82) is 0 Å². The lowest BCUT2D eigenvalue weighted by molar-refractivity contribution is -0.120. The SMILES string of the molecule is CC(=O)N(n1ccc2cncnc21)C1(CO)CCC(N)C1c1ccc(Oc2ccccc2)cc1. The number of aliphatic hydroxyl groups is 1. The minimum atomic E-state index is -0.927. The Morgan fingerprint density at radius 3 is 2.62 bits per heavy atom. The molecule has 0 radical (unpaired) electrons. The van der Waals surface area contributed by atoms with Crippen molar-refractivity contribution in [2.24, 2.45) is 5.73 Å². The molecule has 1 aliphatic carbocycles. The highest BCUT2D eigenvalue weighted by Gasteiger charge is 2.53. The number of rotatable bonds is 6. The molecule has 5 rings (SSSR count). The van der Waals surface area contributed by atoms with Crippen LogP contribution in [-0.2, 0) is 4.79 Å². The van der Waals surface area contributed by atoms with Crippen LogP contribution in [0.4, 0.5) is 0 Å². The van der Waals surface area contributed by atoms with Crippen molar-refractivity contribution >= 4 is 16.9 Å². The summed E-state index contributed by atoms with van der Waals surface area (Å²) in [6.07, 6.45) is 6.17. The number of nitrogens with two attached hydrogens (primary N) is 1. The number of fused-ring (bicyclic) bond motifs is 1. The molecule has 0 saturated heterocycles. The van der Waals surface area contributed by atoms with Crippen molar-refractivity contribution in [3.8, 4) is 11.5 Å². The first-order chi connectivity index (χ1) is 16.5. The van der Waals surface area contributed by atoms with Gasteiger partial charge in [0.1, 0.15) is 17.8 Å². The van der Waals surface area contributed by atoms with Crippen molar-refractivity contribution in [3.63, 3.8) is 0 Å². The van der Waals surface area contributed by atoms with Crippen LogP contribution in [0.3, 0.4) is 0 Å². The van der Waals surface area contributed by atoms with Crippen LogP contribution in [0.25, 0.3) is 11.0 Å². The van der Waals surface area contributed by atoms with E-state index >= 15 is 0 Å². The van der Waals surface area contributed by atoms with Gasteiger partial charge in [0.05, 0.1) is 12.1 Å². The van der Waals surface area contributed by atoms with Crippen LogP contribution in [0.5, 0.6) is 11.5 Å². The highest BCUT2D eigenvalue weighted by Crippen LogP contribution is 2.46. The van der Waals surface area contributed by atoms with Crippen LogP contribution < -0.4 is 15.5 Å². The molecule has 0 aliphatic heterocycles. The Hall–Kier alpha value is -3.75. The van der Waals surface area contributed by atoms with E-state index < -0.39 is 5.54 Å². The topological polar surface area (TPSA) is 106 Å². The lowest BCUT2D eigenvalue weighted by Gasteiger charge is -2.45. The summed E-state index contributed by atoms with van der Waals surface area (Å²) >= 11 is 0. The van der Waals surface area contributed by atoms with Gasteiger partial charge in [-0.2, -0.15) is 0 Å². The van der Waals surface area contributed by atoms with Crippen molar-refractivity contribution in [3.05, 3.63) is 84.9 Å². The van der Waals surface area contributed by atoms with Gasteiger partial charge in [0.15, 0.2) is 5.65 Å². The maximum absolute atomic E-state index is 13.1. The number of benzene rings is 2. The van der Waals surface area contributed by atoms with Gasteiger partial charge in [0.2, 0.25) is 5.91 Å². The lowest BCUT2D eigenvalue weighted by atomic mass is 9.80. The maximum Gasteiger partial charge on any atom is 0.238 e. The molecule has 3 atom stereocenters. The summed E-state index contributed by atoms with van der Waals surface area (Å²) < 4.78 is 7.65. The second-order valence-electron chi connectivity index (χ2n) is 8.72. The Kier molecular flexibility index (Phi) is 5.77. The van der Waals surface area contributed by atoms with Gasteiger partial charge in [-0.05, 0) is 48.7 Å². The van der Waals surface area contributed by atoms with E-state index in [2.05, 4.69) is 9.97 Å². The molecule has 1 aliphatic rings. The number of hydrogen-bond donors (Lipinski definition) is 2. The zero-order valence-corrected chi connectivity index (χ0v) is 18.9. The number of aliphatic hydroxyl groups excluding tert-OH is 1. The molecule has 3 unspecified atom stereocenters. The van der Waals surface area contributed by atoms with Gasteiger partial charge < -0.3 is 15.6 Å². The van der Waals surface area contributed by atoms with E-state index in [9.17, 15) is 9.90 Å². The van der Waals surface area contributed by atoms with Crippen LogP contribution in [-0.4, -0.2) is 43.8 Å². The summed E-state index contributed by atoms with van der Waals surface area (Å²) in [6.45, 7) is 1.26. The summed E-state index contributed by atoms with van der Waals surface area (Å²) in [6, 6.07) is 18.9. The Morgan fingerprint density at radius 2 is 1.91 bits per heavy atom. The van der Waals surface area contributed by atoms with Crippen LogP contribution in [0.2, 0.25) is 0 Å². The molecular weight excluding hydrogens is 430 g/mol. The highest BCUT2D eigenvalue weighted by molar-refractivity contribution is 5.88. The summed E-state index contributed by atoms with van der Waals surface area (Å²) in [4.78, 5) is 21.5. The number of para-hydroxylation sites is 1. The molecular formula is C26H27N5O3. The third-order valence-corrected chi connectivity index (χ3v) is 6.68. The maximum atomic E-state index is 13.1. The fourth-order valence-electron chi connectivity index (χ4n) is 5.25. The quantitative estimate of drug-likeness (QED) is 0.460. The minimum absolute atomic E-state index is 0.201. The minimum Gasteiger partial charge on any atom is -0.457 e. The standard InChI is InChI=1S/C26H27N5O3/c1-18(33)31(30-14-12-20-15-28-17-29-25(20)30)26(16-32)13-11-23(27)24(26)19-7-9-22(10-8-19)34-21-5-3-2-4-6-21/h2-10,12,14-15,17,23-24,32H,11,13,16,27H2,1H3. The summed E-state index contributed by atoms with van der Waals surface area (Å²) in [5.41, 5.74) is 7.23. The van der Waals surface area contributed by atoms with Crippen molar-refractivity contribution in [1.82, 2.24) is 14.6 Å². The molecule has 2 heterocycles. The van der Waals surface area contributed by atoms with Crippen LogP contribution >= 0.6 is 0 Å². The Bertz CT molecular complexity index is 1290. The van der Waals surface area contributed by atoms with Gasteiger partial charge in [0, 0.05) is 36.7 Å². The molecule has 0 bridgehead atoms. The van der Waals surface area contributed by atoms with Crippen molar-refractivity contribution in [2.45, 2.75) is 37.3 Å². The predicted molar refractivity (Wildman–Crippen MR) is 129 cm³/mol. The second kappa shape index (κ2) is 8.89. The van der Waals surface area contributed by atoms with Gasteiger partial charge in [-0.15, -0.1) is 0 Å². The smallest absolute Gasteiger partial charge is 0.238 e. The van der Waals surface area contributed by atoms with E-state index in [-0.39, 0.29) is 24.5 Å². The third kappa shape index (κ3) is 3.70. The van der Waals surface area contributed by atoms with Crippen molar-refractivity contribution < 1.29 is 14.6 Å². The Morgan fingerprint density at radius 1 is 1.18 bits per heavy atom. The average Bonchev–Trinajstić information content (AvgIpc) is 3.42. The number of amides is 1. The zero-order chi connectivity index (χ0) is 23.7. The Labute approximate surface area is 197 Å². The van der Waals surface area contributed by atoms with Gasteiger partial charge in [0.25, 0.3) is 0 Å². The molecule has 1 fully saturated rings. The Balaban J connectivity index is 1.54. The van der Waals surface area contributed by atoms with Crippen molar-refractivity contribution in [2.75, 3.05) is 11.6 Å². The monoisotopic (exact) mass is 457 g/mol. The molecule has 174 valence electrons. The number of carbonyl (C=O) groups excluding carboxylic acids is 1. The van der Waals surface area contributed by atoms with Crippen LogP contribution in [0.15, 0.2) is 79.4 Å². The summed E-state index contributed by atoms with van der Waals surface area (Å²) in [5, 5.41) is 13.2. The third-order valence-electron chi connectivity index (χ3n) is 6.68. The molecule has 2 aromatic carbocycles. The summed E-state index contributed by atoms with van der Waals surface area (Å²) in [5.74, 6) is 0.967. The first-order valence-electron chi connectivity index (χ1n) is 11.3. The molecule has 8 heteroatoms. The average molecular weight is 458 g/mol. The first-order valence-corrected chi connectivity index (χ1v) is 11.3. The second-order valence-corrected chi connectivity index (χ2v) is 8.72. The van der Waals surface area contributed by atoms with E-state index in [4.69, 9.17) is 10.5 Å². The van der Waals surface area contributed by atoms with E-state index in [1.54, 1.807) is 22.1 Å². The molecule has 3 N–H and O–H groups in total.